The first-order valence-corrected chi connectivity index (χ1v) is 10.8. The van der Waals surface area contributed by atoms with Crippen LogP contribution in [0.2, 0.25) is 0 Å². The van der Waals surface area contributed by atoms with Crippen LogP contribution in [0.25, 0.3) is 0 Å². The van der Waals surface area contributed by atoms with E-state index in [2.05, 4.69) is 5.32 Å². The van der Waals surface area contributed by atoms with Crippen LogP contribution < -0.4 is 5.32 Å². The van der Waals surface area contributed by atoms with E-state index in [9.17, 15) is 23.6 Å². The third-order valence-electron chi connectivity index (χ3n) is 6.33. The van der Waals surface area contributed by atoms with Crippen LogP contribution in [0.15, 0.2) is 24.3 Å². The van der Waals surface area contributed by atoms with E-state index in [1.807, 2.05) is 0 Å². The molecule has 3 amide bonds. The molecule has 1 aromatic rings. The van der Waals surface area contributed by atoms with Crippen molar-refractivity contribution in [3.63, 3.8) is 0 Å². The molecule has 0 bridgehead atoms. The first-order chi connectivity index (χ1) is 15.3. The van der Waals surface area contributed by atoms with Gasteiger partial charge in [0.2, 0.25) is 17.7 Å². The molecule has 10 heteroatoms. The molecule has 3 fully saturated rings. The van der Waals surface area contributed by atoms with E-state index in [-0.39, 0.29) is 55.1 Å². The Bertz CT molecular complexity index is 907. The van der Waals surface area contributed by atoms with Gasteiger partial charge in [0.25, 0.3) is 0 Å². The van der Waals surface area contributed by atoms with Crippen LogP contribution >= 0.6 is 0 Å². The third kappa shape index (κ3) is 4.74. The zero-order valence-corrected chi connectivity index (χ0v) is 17.5. The fourth-order valence-corrected chi connectivity index (χ4v) is 4.69. The fraction of sp³-hybridized carbons (Fsp3) is 0.545. The molecule has 32 heavy (non-hydrogen) atoms. The van der Waals surface area contributed by atoms with Crippen molar-refractivity contribution < 1.29 is 33.4 Å². The van der Waals surface area contributed by atoms with Crippen molar-refractivity contribution in [3.8, 4) is 0 Å². The monoisotopic (exact) mass is 447 g/mol. The quantitative estimate of drug-likeness (QED) is 0.635. The molecular formula is C22H26FN3O6. The number of rotatable bonds is 7. The number of carboxylic acid groups (broad SMARTS) is 1. The number of hydrogen-bond acceptors (Lipinski definition) is 5. The van der Waals surface area contributed by atoms with Gasteiger partial charge in [0, 0.05) is 32.0 Å². The predicted molar refractivity (Wildman–Crippen MR) is 109 cm³/mol. The first-order valence-electron chi connectivity index (χ1n) is 10.8. The predicted octanol–water partition coefficient (Wildman–Crippen LogP) is 0.666. The van der Waals surface area contributed by atoms with E-state index < -0.39 is 18.1 Å². The standard InChI is InChI=1S/C22H26FN3O6/c23-14-3-1-13(2-4-14)12-32-16-10-18-21(30)25-8-7-15(24-19(27)5-6-20(28)29)9-17(25)22(31)26(18)11-16/h1-4,15-18H,5-12H2,(H,24,27)(H,28,29)/t15-,16+,17-,18-/m0/s1. The van der Waals surface area contributed by atoms with E-state index in [1.54, 1.807) is 21.9 Å². The molecule has 3 saturated heterocycles. The number of piperazine rings is 1. The van der Waals surface area contributed by atoms with Gasteiger partial charge in [-0.15, -0.1) is 0 Å². The second-order valence-electron chi connectivity index (χ2n) is 8.53. The Balaban J connectivity index is 1.34. The van der Waals surface area contributed by atoms with Crippen LogP contribution in [-0.4, -0.2) is 75.9 Å². The zero-order chi connectivity index (χ0) is 22.8. The smallest absolute Gasteiger partial charge is 0.303 e. The number of benzene rings is 1. The molecular weight excluding hydrogens is 421 g/mol. The Labute approximate surface area is 184 Å². The van der Waals surface area contributed by atoms with Gasteiger partial charge in [-0.1, -0.05) is 12.1 Å². The number of carboxylic acids is 1. The summed E-state index contributed by atoms with van der Waals surface area (Å²) in [5, 5.41) is 11.5. The molecule has 3 aliphatic rings. The van der Waals surface area contributed by atoms with Gasteiger partial charge in [0.05, 0.1) is 19.1 Å². The highest BCUT2D eigenvalue weighted by molar-refractivity contribution is 5.98. The Hall–Kier alpha value is -3.01. The molecule has 0 saturated carbocycles. The summed E-state index contributed by atoms with van der Waals surface area (Å²) in [4.78, 5) is 52.0. The summed E-state index contributed by atoms with van der Waals surface area (Å²) in [5.41, 5.74) is 0.813. The lowest BCUT2D eigenvalue weighted by atomic mass is 9.92. The number of piperidine rings is 1. The summed E-state index contributed by atoms with van der Waals surface area (Å²) in [7, 11) is 0. The minimum atomic E-state index is -1.04. The van der Waals surface area contributed by atoms with Gasteiger partial charge in [-0.05, 0) is 30.5 Å². The molecule has 0 radical (unpaired) electrons. The molecule has 4 rings (SSSR count). The Morgan fingerprint density at radius 1 is 1.06 bits per heavy atom. The van der Waals surface area contributed by atoms with E-state index in [0.29, 0.717) is 32.4 Å². The van der Waals surface area contributed by atoms with Crippen LogP contribution in [0.3, 0.4) is 0 Å². The van der Waals surface area contributed by atoms with Crippen molar-refractivity contribution in [2.75, 3.05) is 13.1 Å². The maximum atomic E-state index is 13.1. The minimum absolute atomic E-state index is 0.0989. The molecule has 172 valence electrons. The number of aliphatic carboxylic acids is 1. The molecule has 0 unspecified atom stereocenters. The van der Waals surface area contributed by atoms with Crippen LogP contribution in [0.5, 0.6) is 0 Å². The van der Waals surface area contributed by atoms with Gasteiger partial charge < -0.3 is 25.0 Å². The molecule has 3 aliphatic heterocycles. The summed E-state index contributed by atoms with van der Waals surface area (Å²) in [5.74, 6) is -1.98. The number of fused-ring (bicyclic) bond motifs is 2. The number of ether oxygens (including phenoxy) is 1. The van der Waals surface area contributed by atoms with Gasteiger partial charge in [0.15, 0.2) is 0 Å². The molecule has 9 nitrogen and oxygen atoms in total. The van der Waals surface area contributed by atoms with Crippen LogP contribution in [-0.2, 0) is 30.5 Å². The van der Waals surface area contributed by atoms with Crippen molar-refractivity contribution in [2.24, 2.45) is 0 Å². The van der Waals surface area contributed by atoms with Gasteiger partial charge in [0.1, 0.15) is 17.9 Å². The average molecular weight is 447 g/mol. The summed E-state index contributed by atoms with van der Waals surface area (Å²) >= 11 is 0. The second kappa shape index (κ2) is 9.23. The van der Waals surface area contributed by atoms with Crippen molar-refractivity contribution >= 4 is 23.7 Å². The molecule has 0 aliphatic carbocycles. The summed E-state index contributed by atoms with van der Waals surface area (Å²) in [6.45, 7) is 0.951. The Morgan fingerprint density at radius 2 is 1.75 bits per heavy atom. The van der Waals surface area contributed by atoms with Crippen molar-refractivity contribution in [2.45, 2.75) is 62.9 Å². The Morgan fingerprint density at radius 3 is 2.47 bits per heavy atom. The summed E-state index contributed by atoms with van der Waals surface area (Å²) < 4.78 is 19.0. The number of nitrogens with one attached hydrogen (secondary N) is 1. The van der Waals surface area contributed by atoms with Gasteiger partial charge >= 0.3 is 5.97 Å². The third-order valence-corrected chi connectivity index (χ3v) is 6.33. The van der Waals surface area contributed by atoms with Gasteiger partial charge in [-0.25, -0.2) is 4.39 Å². The zero-order valence-electron chi connectivity index (χ0n) is 17.5. The first kappa shape index (κ1) is 22.2. The topological polar surface area (TPSA) is 116 Å². The maximum Gasteiger partial charge on any atom is 0.303 e. The number of carbonyl (C=O) groups excluding carboxylic acids is 3. The highest BCUT2D eigenvalue weighted by Gasteiger charge is 2.52. The minimum Gasteiger partial charge on any atom is -0.481 e. The van der Waals surface area contributed by atoms with Crippen LogP contribution in [0, 0.1) is 5.82 Å². The Kier molecular flexibility index (Phi) is 6.40. The number of carbonyl (C=O) groups is 4. The second-order valence-corrected chi connectivity index (χ2v) is 8.53. The fourth-order valence-electron chi connectivity index (χ4n) is 4.69. The lowest BCUT2D eigenvalue weighted by Gasteiger charge is -2.46. The SMILES string of the molecule is O=C(O)CCC(=O)N[C@H]1CCN2C(=O)[C@@H]3C[C@@H](OCc4ccc(F)cc4)CN3C(=O)[C@@H]2C1. The molecule has 0 aromatic heterocycles. The molecule has 3 heterocycles. The van der Waals surface area contributed by atoms with Crippen molar-refractivity contribution in [3.05, 3.63) is 35.6 Å². The van der Waals surface area contributed by atoms with E-state index in [4.69, 9.17) is 9.84 Å². The number of halogens is 1. The number of amides is 3. The average Bonchev–Trinajstić information content (AvgIpc) is 3.20. The van der Waals surface area contributed by atoms with E-state index >= 15 is 0 Å². The molecule has 2 N–H and O–H groups in total. The summed E-state index contributed by atoms with van der Waals surface area (Å²) in [6, 6.07) is 4.54. The van der Waals surface area contributed by atoms with E-state index in [1.165, 1.54) is 12.1 Å². The molecule has 0 spiro atoms. The lowest BCUT2D eigenvalue weighted by Crippen LogP contribution is -2.66. The van der Waals surface area contributed by atoms with Gasteiger partial charge in [-0.3, -0.25) is 19.2 Å². The van der Waals surface area contributed by atoms with Crippen LogP contribution in [0.4, 0.5) is 4.39 Å². The lowest BCUT2D eigenvalue weighted by molar-refractivity contribution is -0.162. The highest BCUT2D eigenvalue weighted by atomic mass is 19.1. The number of hydrogen-bond donors (Lipinski definition) is 2. The summed E-state index contributed by atoms with van der Waals surface area (Å²) in [6.07, 6.45) is 0.601. The maximum absolute atomic E-state index is 13.1. The van der Waals surface area contributed by atoms with Crippen molar-refractivity contribution in [1.82, 2.24) is 15.1 Å². The van der Waals surface area contributed by atoms with Crippen molar-refractivity contribution in [1.29, 1.82) is 0 Å². The van der Waals surface area contributed by atoms with Gasteiger partial charge in [-0.2, -0.15) is 0 Å². The normalized spacial score (nSPS) is 27.2. The van der Waals surface area contributed by atoms with Crippen LogP contribution in [0.1, 0.15) is 37.7 Å². The largest absolute Gasteiger partial charge is 0.481 e. The molecule has 1 aromatic carbocycles. The molecule has 4 atom stereocenters. The number of nitrogens with zero attached hydrogens (tertiary/aromatic N) is 2. The van der Waals surface area contributed by atoms with E-state index in [0.717, 1.165) is 5.56 Å². The highest BCUT2D eigenvalue weighted by Crippen LogP contribution is 2.33.